The predicted octanol–water partition coefficient (Wildman–Crippen LogP) is 3.22. The summed E-state index contributed by atoms with van der Waals surface area (Å²) in [5, 5.41) is 3.35. The van der Waals surface area contributed by atoms with Crippen molar-refractivity contribution >= 4 is 15.7 Å². The van der Waals surface area contributed by atoms with Crippen LogP contribution >= 0.6 is 0 Å². The molecule has 0 unspecified atom stereocenters. The molecule has 1 aromatic carbocycles. The van der Waals surface area contributed by atoms with Gasteiger partial charge in [-0.15, -0.1) is 0 Å². The molecule has 0 saturated carbocycles. The van der Waals surface area contributed by atoms with Crippen LogP contribution in [0.3, 0.4) is 0 Å². The van der Waals surface area contributed by atoms with Gasteiger partial charge in [0, 0.05) is 18.8 Å². The van der Waals surface area contributed by atoms with Crippen LogP contribution in [0.2, 0.25) is 0 Å². The summed E-state index contributed by atoms with van der Waals surface area (Å²) in [5.74, 6) is 0.657. The standard InChI is InChI=1S/C15H26N2O2S/c1-4-11-17-20(18,19)15-9-7-14(8-10-15)16-12-13(5-2)6-3/h7-10,13,16-17H,4-6,11-12H2,1-3H3. The molecular formula is C15H26N2O2S. The molecule has 0 bridgehead atoms. The van der Waals surface area contributed by atoms with Crippen molar-refractivity contribution in [2.24, 2.45) is 5.92 Å². The van der Waals surface area contributed by atoms with Crippen LogP contribution in [0.1, 0.15) is 40.0 Å². The summed E-state index contributed by atoms with van der Waals surface area (Å²) in [7, 11) is -3.36. The van der Waals surface area contributed by atoms with E-state index in [9.17, 15) is 8.42 Å². The fraction of sp³-hybridized carbons (Fsp3) is 0.600. The van der Waals surface area contributed by atoms with Gasteiger partial charge < -0.3 is 5.32 Å². The summed E-state index contributed by atoms with van der Waals surface area (Å²) in [5.41, 5.74) is 0.964. The van der Waals surface area contributed by atoms with E-state index in [1.54, 1.807) is 12.1 Å². The first kappa shape index (κ1) is 17.0. The van der Waals surface area contributed by atoms with E-state index < -0.39 is 10.0 Å². The molecule has 0 atom stereocenters. The third-order valence-corrected chi connectivity index (χ3v) is 4.93. The lowest BCUT2D eigenvalue weighted by molar-refractivity contribution is 0.519. The fourth-order valence-corrected chi connectivity index (χ4v) is 3.05. The van der Waals surface area contributed by atoms with Crippen molar-refractivity contribution in [2.75, 3.05) is 18.4 Å². The smallest absolute Gasteiger partial charge is 0.240 e. The number of sulfonamides is 1. The van der Waals surface area contributed by atoms with Gasteiger partial charge in [-0.1, -0.05) is 33.6 Å². The van der Waals surface area contributed by atoms with Crippen LogP contribution in [-0.2, 0) is 10.0 Å². The van der Waals surface area contributed by atoms with E-state index in [1.165, 1.54) is 0 Å². The second-order valence-corrected chi connectivity index (χ2v) is 6.75. The van der Waals surface area contributed by atoms with Crippen molar-refractivity contribution in [3.8, 4) is 0 Å². The maximum absolute atomic E-state index is 11.9. The molecule has 1 aromatic rings. The number of benzene rings is 1. The molecule has 0 aliphatic heterocycles. The molecular weight excluding hydrogens is 272 g/mol. The first-order valence-corrected chi connectivity index (χ1v) is 8.85. The maximum atomic E-state index is 11.9. The molecule has 0 radical (unpaired) electrons. The Bertz CT molecular complexity index is 479. The van der Waals surface area contributed by atoms with Crippen molar-refractivity contribution in [3.63, 3.8) is 0 Å². The molecule has 0 aromatic heterocycles. The molecule has 0 aliphatic carbocycles. The van der Waals surface area contributed by atoms with Crippen molar-refractivity contribution in [3.05, 3.63) is 24.3 Å². The van der Waals surface area contributed by atoms with Crippen LogP contribution in [-0.4, -0.2) is 21.5 Å². The molecule has 0 heterocycles. The van der Waals surface area contributed by atoms with Gasteiger partial charge in [-0.05, 0) is 36.6 Å². The largest absolute Gasteiger partial charge is 0.385 e. The minimum absolute atomic E-state index is 0.319. The Morgan fingerprint density at radius 2 is 1.65 bits per heavy atom. The van der Waals surface area contributed by atoms with Gasteiger partial charge in [-0.2, -0.15) is 0 Å². The Hall–Kier alpha value is -1.07. The lowest BCUT2D eigenvalue weighted by Crippen LogP contribution is -2.24. The Morgan fingerprint density at radius 3 is 2.15 bits per heavy atom. The second-order valence-electron chi connectivity index (χ2n) is 4.99. The van der Waals surface area contributed by atoms with Gasteiger partial charge in [-0.3, -0.25) is 0 Å². The minimum Gasteiger partial charge on any atom is -0.385 e. The first-order valence-electron chi connectivity index (χ1n) is 7.37. The average molecular weight is 298 g/mol. The Balaban J connectivity index is 2.64. The lowest BCUT2D eigenvalue weighted by Gasteiger charge is -2.14. The van der Waals surface area contributed by atoms with Crippen molar-refractivity contribution < 1.29 is 8.42 Å². The highest BCUT2D eigenvalue weighted by Crippen LogP contribution is 2.15. The van der Waals surface area contributed by atoms with Crippen LogP contribution in [0.25, 0.3) is 0 Å². The molecule has 0 amide bonds. The average Bonchev–Trinajstić information content (AvgIpc) is 2.47. The summed E-state index contributed by atoms with van der Waals surface area (Å²) in [6.07, 6.45) is 3.09. The molecule has 20 heavy (non-hydrogen) atoms. The molecule has 1 rings (SSSR count). The lowest BCUT2D eigenvalue weighted by atomic mass is 10.0. The maximum Gasteiger partial charge on any atom is 0.240 e. The fourth-order valence-electron chi connectivity index (χ4n) is 1.91. The van der Waals surface area contributed by atoms with E-state index in [2.05, 4.69) is 23.9 Å². The van der Waals surface area contributed by atoms with Crippen molar-refractivity contribution in [1.29, 1.82) is 0 Å². The summed E-state index contributed by atoms with van der Waals surface area (Å²) >= 11 is 0. The van der Waals surface area contributed by atoms with Gasteiger partial charge >= 0.3 is 0 Å². The van der Waals surface area contributed by atoms with E-state index in [4.69, 9.17) is 0 Å². The van der Waals surface area contributed by atoms with Crippen molar-refractivity contribution in [1.82, 2.24) is 4.72 Å². The molecule has 0 aliphatic rings. The minimum atomic E-state index is -3.36. The van der Waals surface area contributed by atoms with Gasteiger partial charge in [0.1, 0.15) is 0 Å². The van der Waals surface area contributed by atoms with Crippen LogP contribution in [0.5, 0.6) is 0 Å². The number of hydrogen-bond acceptors (Lipinski definition) is 3. The SMILES string of the molecule is CCCNS(=O)(=O)c1ccc(NCC(CC)CC)cc1. The van der Waals surface area contributed by atoms with Crippen LogP contribution in [0.4, 0.5) is 5.69 Å². The van der Waals surface area contributed by atoms with E-state index in [1.807, 2.05) is 19.1 Å². The topological polar surface area (TPSA) is 58.2 Å². The van der Waals surface area contributed by atoms with E-state index >= 15 is 0 Å². The van der Waals surface area contributed by atoms with Gasteiger partial charge in [0.05, 0.1) is 4.90 Å². The first-order chi connectivity index (χ1) is 9.53. The third kappa shape index (κ3) is 5.13. The van der Waals surface area contributed by atoms with E-state index in [0.717, 1.165) is 31.5 Å². The monoisotopic (exact) mass is 298 g/mol. The van der Waals surface area contributed by atoms with Crippen LogP contribution < -0.4 is 10.0 Å². The van der Waals surface area contributed by atoms with Gasteiger partial charge in [0.25, 0.3) is 0 Å². The number of hydrogen-bond donors (Lipinski definition) is 2. The highest BCUT2D eigenvalue weighted by molar-refractivity contribution is 7.89. The molecule has 5 heteroatoms. The summed E-state index contributed by atoms with van der Waals surface area (Å²) in [6, 6.07) is 6.94. The summed E-state index contributed by atoms with van der Waals surface area (Å²) in [6.45, 7) is 7.70. The third-order valence-electron chi connectivity index (χ3n) is 3.46. The normalized spacial score (nSPS) is 11.8. The highest BCUT2D eigenvalue weighted by atomic mass is 32.2. The Kier molecular flexibility index (Phi) is 7.02. The molecule has 4 nitrogen and oxygen atoms in total. The second kappa shape index (κ2) is 8.27. The molecule has 0 spiro atoms. The quantitative estimate of drug-likeness (QED) is 0.736. The zero-order chi connectivity index (χ0) is 15.0. The Morgan fingerprint density at radius 1 is 1.05 bits per heavy atom. The van der Waals surface area contributed by atoms with E-state index in [0.29, 0.717) is 17.4 Å². The number of anilines is 1. The molecule has 0 saturated heterocycles. The summed E-state index contributed by atoms with van der Waals surface area (Å²) in [4.78, 5) is 0.319. The van der Waals surface area contributed by atoms with E-state index in [-0.39, 0.29) is 0 Å². The zero-order valence-corrected chi connectivity index (χ0v) is 13.5. The molecule has 2 N–H and O–H groups in total. The molecule has 0 fully saturated rings. The van der Waals surface area contributed by atoms with Crippen LogP contribution in [0.15, 0.2) is 29.2 Å². The van der Waals surface area contributed by atoms with Gasteiger partial charge in [0.2, 0.25) is 10.0 Å². The Labute approximate surface area is 123 Å². The number of nitrogens with one attached hydrogen (secondary N) is 2. The summed E-state index contributed by atoms with van der Waals surface area (Å²) < 4.78 is 26.4. The van der Waals surface area contributed by atoms with Gasteiger partial charge in [-0.25, -0.2) is 13.1 Å². The highest BCUT2D eigenvalue weighted by Gasteiger charge is 2.12. The zero-order valence-electron chi connectivity index (χ0n) is 12.6. The number of rotatable bonds is 9. The van der Waals surface area contributed by atoms with Crippen molar-refractivity contribution in [2.45, 2.75) is 44.9 Å². The molecule has 114 valence electrons. The van der Waals surface area contributed by atoms with Gasteiger partial charge in [0.15, 0.2) is 0 Å². The van der Waals surface area contributed by atoms with Crippen LogP contribution in [0, 0.1) is 5.92 Å². The predicted molar refractivity (Wildman–Crippen MR) is 84.5 cm³/mol.